The van der Waals surface area contributed by atoms with Gasteiger partial charge in [0.25, 0.3) is 0 Å². The van der Waals surface area contributed by atoms with Crippen molar-refractivity contribution in [3.63, 3.8) is 0 Å². The standard InChI is InChI=1S/C8H16N2O3S2/c1-3-8(7-9)15(12,13)10-5-4-6-14(2)11/h8,10H,3-6H2,1-2H3. The maximum atomic E-state index is 11.4. The summed E-state index contributed by atoms with van der Waals surface area (Å²) in [5, 5.41) is 7.59. The molecular formula is C8H16N2O3S2. The van der Waals surface area contributed by atoms with Crippen molar-refractivity contribution >= 4 is 20.8 Å². The van der Waals surface area contributed by atoms with Crippen LogP contribution in [0, 0.1) is 11.3 Å². The first-order valence-electron chi connectivity index (χ1n) is 4.62. The zero-order chi connectivity index (χ0) is 11.9. The minimum Gasteiger partial charge on any atom is -0.260 e. The van der Waals surface area contributed by atoms with Crippen LogP contribution in [0.4, 0.5) is 0 Å². The van der Waals surface area contributed by atoms with Crippen LogP contribution in [0.2, 0.25) is 0 Å². The third-order valence-electron chi connectivity index (χ3n) is 1.80. The molecule has 0 bridgehead atoms. The van der Waals surface area contributed by atoms with Gasteiger partial charge in [-0.15, -0.1) is 0 Å². The highest BCUT2D eigenvalue weighted by atomic mass is 32.2. The fourth-order valence-electron chi connectivity index (χ4n) is 0.971. The van der Waals surface area contributed by atoms with Gasteiger partial charge in [-0.25, -0.2) is 13.1 Å². The molecule has 0 spiro atoms. The van der Waals surface area contributed by atoms with Crippen LogP contribution in [-0.2, 0) is 20.8 Å². The van der Waals surface area contributed by atoms with Crippen LogP contribution in [0.5, 0.6) is 0 Å². The number of nitrogens with one attached hydrogen (secondary N) is 1. The fourth-order valence-corrected chi connectivity index (χ4v) is 2.73. The molecule has 0 heterocycles. The number of hydrogen-bond donors (Lipinski definition) is 1. The number of sulfonamides is 1. The topological polar surface area (TPSA) is 87.0 Å². The molecule has 88 valence electrons. The van der Waals surface area contributed by atoms with Crippen molar-refractivity contribution in [1.29, 1.82) is 5.26 Å². The highest BCUT2D eigenvalue weighted by Gasteiger charge is 2.22. The predicted molar refractivity (Wildman–Crippen MR) is 60.2 cm³/mol. The van der Waals surface area contributed by atoms with E-state index in [1.165, 1.54) is 0 Å². The largest absolute Gasteiger partial charge is 0.260 e. The van der Waals surface area contributed by atoms with Gasteiger partial charge in [0.05, 0.1) is 6.07 Å². The second-order valence-corrected chi connectivity index (χ2v) is 6.60. The van der Waals surface area contributed by atoms with Gasteiger partial charge < -0.3 is 0 Å². The van der Waals surface area contributed by atoms with Crippen LogP contribution in [-0.4, -0.2) is 36.4 Å². The van der Waals surface area contributed by atoms with Crippen molar-refractivity contribution in [3.05, 3.63) is 0 Å². The summed E-state index contributed by atoms with van der Waals surface area (Å²) in [7, 11) is -4.44. The molecule has 0 aliphatic rings. The molecule has 0 radical (unpaired) electrons. The normalized spacial score (nSPS) is 15.5. The molecule has 5 nitrogen and oxygen atoms in total. The highest BCUT2D eigenvalue weighted by molar-refractivity contribution is 7.90. The van der Waals surface area contributed by atoms with Crippen molar-refractivity contribution < 1.29 is 12.6 Å². The lowest BCUT2D eigenvalue weighted by Gasteiger charge is -2.09. The summed E-state index contributed by atoms with van der Waals surface area (Å²) in [5.74, 6) is 0.464. The number of nitriles is 1. The molecule has 0 aliphatic heterocycles. The first-order valence-corrected chi connectivity index (χ1v) is 7.89. The molecule has 0 aromatic rings. The average molecular weight is 252 g/mol. The van der Waals surface area contributed by atoms with E-state index in [-0.39, 0.29) is 13.0 Å². The van der Waals surface area contributed by atoms with E-state index < -0.39 is 26.1 Å². The monoisotopic (exact) mass is 252 g/mol. The molecule has 0 fully saturated rings. The van der Waals surface area contributed by atoms with Crippen LogP contribution in [0.1, 0.15) is 19.8 Å². The van der Waals surface area contributed by atoms with E-state index in [1.54, 1.807) is 19.2 Å². The first kappa shape index (κ1) is 14.6. The molecule has 1 N–H and O–H groups in total. The molecule has 0 aromatic heterocycles. The molecular weight excluding hydrogens is 236 g/mol. The van der Waals surface area contributed by atoms with Crippen LogP contribution in [0.15, 0.2) is 0 Å². The third kappa shape index (κ3) is 5.87. The fraction of sp³-hybridized carbons (Fsp3) is 0.875. The minimum absolute atomic E-state index is 0.236. The Balaban J connectivity index is 4.06. The lowest BCUT2D eigenvalue weighted by atomic mass is 10.4. The Labute approximate surface area is 93.4 Å². The molecule has 2 unspecified atom stereocenters. The zero-order valence-electron chi connectivity index (χ0n) is 8.89. The van der Waals surface area contributed by atoms with Crippen LogP contribution in [0.25, 0.3) is 0 Å². The molecule has 0 saturated carbocycles. The van der Waals surface area contributed by atoms with Crippen molar-refractivity contribution in [3.8, 4) is 6.07 Å². The van der Waals surface area contributed by atoms with Gasteiger partial charge in [-0.2, -0.15) is 5.26 Å². The van der Waals surface area contributed by atoms with Gasteiger partial charge in [-0.1, -0.05) is 6.92 Å². The van der Waals surface area contributed by atoms with E-state index in [0.717, 1.165) is 0 Å². The lowest BCUT2D eigenvalue weighted by molar-refractivity contribution is 0.572. The Morgan fingerprint density at radius 1 is 1.53 bits per heavy atom. The van der Waals surface area contributed by atoms with Gasteiger partial charge in [0.2, 0.25) is 10.0 Å². The summed E-state index contributed by atoms with van der Waals surface area (Å²) in [4.78, 5) is 0. The Kier molecular flexibility index (Phi) is 6.72. The molecule has 0 amide bonds. The van der Waals surface area contributed by atoms with Crippen molar-refractivity contribution in [1.82, 2.24) is 4.72 Å². The summed E-state index contributed by atoms with van der Waals surface area (Å²) >= 11 is 0. The van der Waals surface area contributed by atoms with Gasteiger partial charge in [0.1, 0.15) is 0 Å². The Bertz CT molecular complexity index is 345. The van der Waals surface area contributed by atoms with Gasteiger partial charge >= 0.3 is 0 Å². The van der Waals surface area contributed by atoms with Gasteiger partial charge in [-0.3, -0.25) is 4.21 Å². The summed E-state index contributed by atoms with van der Waals surface area (Å²) in [6, 6.07) is 1.73. The van der Waals surface area contributed by atoms with Gasteiger partial charge in [0.15, 0.2) is 5.25 Å². The summed E-state index contributed by atoms with van der Waals surface area (Å²) in [6.07, 6.45) is 2.36. The maximum Gasteiger partial charge on any atom is 0.227 e. The molecule has 0 rings (SSSR count). The summed E-state index contributed by atoms with van der Waals surface area (Å²) in [5.41, 5.74) is 0. The highest BCUT2D eigenvalue weighted by Crippen LogP contribution is 2.02. The number of rotatable bonds is 7. The first-order chi connectivity index (χ1) is 6.94. The molecule has 0 aliphatic carbocycles. The Morgan fingerprint density at radius 2 is 2.13 bits per heavy atom. The second-order valence-electron chi connectivity index (χ2n) is 3.10. The van der Waals surface area contributed by atoms with Crippen molar-refractivity contribution in [2.24, 2.45) is 0 Å². The maximum absolute atomic E-state index is 11.4. The average Bonchev–Trinajstić information content (AvgIpc) is 2.14. The van der Waals surface area contributed by atoms with E-state index in [4.69, 9.17) is 5.26 Å². The smallest absolute Gasteiger partial charge is 0.227 e. The number of hydrogen-bond acceptors (Lipinski definition) is 4. The quantitative estimate of drug-likeness (QED) is 0.645. The predicted octanol–water partition coefficient (Wildman–Crippen LogP) is -0.0234. The minimum atomic E-state index is -3.53. The summed E-state index contributed by atoms with van der Waals surface area (Å²) < 4.78 is 35.9. The van der Waals surface area contributed by atoms with E-state index in [9.17, 15) is 12.6 Å². The summed E-state index contributed by atoms with van der Waals surface area (Å²) in [6.45, 7) is 1.88. The number of nitrogens with zero attached hydrogens (tertiary/aromatic N) is 1. The van der Waals surface area contributed by atoms with Crippen LogP contribution >= 0.6 is 0 Å². The van der Waals surface area contributed by atoms with E-state index >= 15 is 0 Å². The third-order valence-corrected chi connectivity index (χ3v) is 4.46. The van der Waals surface area contributed by atoms with Crippen molar-refractivity contribution in [2.75, 3.05) is 18.6 Å². The van der Waals surface area contributed by atoms with E-state index in [0.29, 0.717) is 12.2 Å². The molecule has 0 saturated heterocycles. The molecule has 15 heavy (non-hydrogen) atoms. The van der Waals surface area contributed by atoms with Crippen molar-refractivity contribution in [2.45, 2.75) is 25.0 Å². The van der Waals surface area contributed by atoms with Gasteiger partial charge in [0, 0.05) is 29.4 Å². The molecule has 0 aromatic carbocycles. The lowest BCUT2D eigenvalue weighted by Crippen LogP contribution is -2.34. The SMILES string of the molecule is CCC(C#N)S(=O)(=O)NCCCS(C)=O. The van der Waals surface area contributed by atoms with E-state index in [1.807, 2.05) is 0 Å². The van der Waals surface area contributed by atoms with Crippen LogP contribution < -0.4 is 4.72 Å². The van der Waals surface area contributed by atoms with E-state index in [2.05, 4.69) is 4.72 Å². The molecule has 7 heteroatoms. The van der Waals surface area contributed by atoms with Crippen LogP contribution in [0.3, 0.4) is 0 Å². The Hall–Kier alpha value is -0.450. The molecule has 2 atom stereocenters. The Morgan fingerprint density at radius 3 is 2.53 bits per heavy atom. The zero-order valence-corrected chi connectivity index (χ0v) is 10.5. The second kappa shape index (κ2) is 6.93. The van der Waals surface area contributed by atoms with Gasteiger partial charge in [-0.05, 0) is 12.8 Å².